The lowest BCUT2D eigenvalue weighted by molar-refractivity contribution is -0.133. The summed E-state index contributed by atoms with van der Waals surface area (Å²) in [5, 5.41) is 3.41. The van der Waals surface area contributed by atoms with E-state index < -0.39 is 0 Å². The minimum Gasteiger partial charge on any atom is -0.467 e. The van der Waals surface area contributed by atoms with Gasteiger partial charge in [-0.15, -0.1) is 0 Å². The van der Waals surface area contributed by atoms with Gasteiger partial charge in [-0.1, -0.05) is 19.1 Å². The van der Waals surface area contributed by atoms with E-state index in [1.165, 1.54) is 31.4 Å². The van der Waals surface area contributed by atoms with E-state index in [0.29, 0.717) is 25.4 Å². The Morgan fingerprint density at radius 2 is 1.66 bits per heavy atom. The Bertz CT molecular complexity index is 985. The lowest BCUT2D eigenvalue weighted by Crippen LogP contribution is -2.62. The summed E-state index contributed by atoms with van der Waals surface area (Å²) in [6.45, 7) is 3.16. The first kappa shape index (κ1) is 23.9. The molecule has 35 heavy (non-hydrogen) atoms. The summed E-state index contributed by atoms with van der Waals surface area (Å²) in [4.78, 5) is 30.3. The minimum absolute atomic E-state index is 0.00788. The lowest BCUT2D eigenvalue weighted by Gasteiger charge is -2.57. The third-order valence-corrected chi connectivity index (χ3v) is 8.08. The highest BCUT2D eigenvalue weighted by Crippen LogP contribution is 2.55. The first-order valence-electron chi connectivity index (χ1n) is 13.0. The molecule has 0 saturated heterocycles. The van der Waals surface area contributed by atoms with E-state index >= 15 is 0 Å². The predicted octanol–water partition coefficient (Wildman–Crippen LogP) is 5.34. The fourth-order valence-corrected chi connectivity index (χ4v) is 6.99. The van der Waals surface area contributed by atoms with E-state index in [0.717, 1.165) is 49.0 Å². The smallest absolute Gasteiger partial charge is 0.318 e. The van der Waals surface area contributed by atoms with Crippen LogP contribution in [0.1, 0.15) is 63.2 Å². The van der Waals surface area contributed by atoms with Gasteiger partial charge >= 0.3 is 6.03 Å². The van der Waals surface area contributed by atoms with E-state index in [4.69, 9.17) is 4.42 Å². The van der Waals surface area contributed by atoms with Crippen LogP contribution < -0.4 is 5.32 Å². The first-order valence-corrected chi connectivity index (χ1v) is 13.0. The summed E-state index contributed by atoms with van der Waals surface area (Å²) >= 11 is 0. The Kier molecular flexibility index (Phi) is 6.85. The maximum Gasteiger partial charge on any atom is 0.318 e. The molecule has 0 aliphatic heterocycles. The van der Waals surface area contributed by atoms with Crippen molar-refractivity contribution >= 4 is 11.9 Å². The number of halogens is 1. The van der Waals surface area contributed by atoms with Crippen LogP contribution in [-0.4, -0.2) is 40.4 Å². The van der Waals surface area contributed by atoms with Crippen molar-refractivity contribution in [1.29, 1.82) is 0 Å². The normalized spacial score (nSPS) is 26.5. The number of urea groups is 1. The Morgan fingerprint density at radius 1 is 1.00 bits per heavy atom. The molecular weight excluding hydrogens is 445 g/mol. The monoisotopic (exact) mass is 481 g/mol. The van der Waals surface area contributed by atoms with Gasteiger partial charge in [-0.05, 0) is 92.5 Å². The van der Waals surface area contributed by atoms with E-state index in [-0.39, 0.29) is 29.8 Å². The molecule has 2 aromatic rings. The van der Waals surface area contributed by atoms with Crippen LogP contribution in [0.4, 0.5) is 9.18 Å². The second-order valence-corrected chi connectivity index (χ2v) is 11.0. The molecule has 7 heteroatoms. The highest BCUT2D eigenvalue weighted by molar-refractivity contribution is 5.84. The summed E-state index contributed by atoms with van der Waals surface area (Å²) < 4.78 is 18.9. The molecule has 6 nitrogen and oxygen atoms in total. The molecule has 4 bridgehead atoms. The van der Waals surface area contributed by atoms with Crippen LogP contribution in [-0.2, 0) is 17.9 Å². The van der Waals surface area contributed by atoms with E-state index in [2.05, 4.69) is 5.32 Å². The molecule has 188 valence electrons. The maximum absolute atomic E-state index is 13.5. The number of nitrogens with zero attached hydrogens (tertiary/aromatic N) is 2. The molecule has 0 radical (unpaired) electrons. The summed E-state index contributed by atoms with van der Waals surface area (Å²) in [5.74, 6) is 2.42. The van der Waals surface area contributed by atoms with Gasteiger partial charge in [0.05, 0.1) is 12.8 Å². The van der Waals surface area contributed by atoms with Crippen molar-refractivity contribution in [2.75, 3.05) is 13.1 Å². The van der Waals surface area contributed by atoms with Crippen molar-refractivity contribution in [2.24, 2.45) is 17.8 Å². The van der Waals surface area contributed by atoms with Gasteiger partial charge in [-0.2, -0.15) is 0 Å². The second-order valence-electron chi connectivity index (χ2n) is 11.0. The number of hydrogen-bond acceptors (Lipinski definition) is 3. The zero-order chi connectivity index (χ0) is 24.4. The van der Waals surface area contributed by atoms with Gasteiger partial charge in [0, 0.05) is 18.6 Å². The Labute approximate surface area is 206 Å². The molecule has 1 aromatic carbocycles. The van der Waals surface area contributed by atoms with Crippen molar-refractivity contribution in [3.8, 4) is 0 Å². The highest BCUT2D eigenvalue weighted by Gasteiger charge is 2.51. The van der Waals surface area contributed by atoms with Crippen LogP contribution in [0.15, 0.2) is 47.1 Å². The number of carbonyl (C=O) groups is 2. The molecule has 1 heterocycles. The third kappa shape index (κ3) is 5.54. The van der Waals surface area contributed by atoms with Gasteiger partial charge in [-0.25, -0.2) is 9.18 Å². The number of rotatable bonds is 9. The molecule has 4 aliphatic rings. The standard InChI is InChI=1S/C28H36FN3O3/c1-2-9-31(27(34)30-28-14-21-11-22(15-28)13-23(12-21)16-28)19-26(33)32(18-25-4-3-10-35-25)17-20-5-7-24(29)8-6-20/h3-8,10,21-23H,2,9,11-19H2,1H3,(H,30,34). The van der Waals surface area contributed by atoms with Crippen molar-refractivity contribution < 1.29 is 18.4 Å². The molecule has 0 atom stereocenters. The molecule has 6 rings (SSSR count). The average molecular weight is 482 g/mol. The fourth-order valence-electron chi connectivity index (χ4n) is 6.99. The zero-order valence-electron chi connectivity index (χ0n) is 20.5. The van der Waals surface area contributed by atoms with E-state index in [1.807, 2.05) is 13.0 Å². The molecule has 4 saturated carbocycles. The van der Waals surface area contributed by atoms with Gasteiger partial charge in [0.2, 0.25) is 5.91 Å². The van der Waals surface area contributed by atoms with Crippen molar-refractivity contribution in [3.05, 3.63) is 59.8 Å². The molecular formula is C28H36FN3O3. The number of carbonyl (C=O) groups excluding carboxylic acids is 2. The quantitative estimate of drug-likeness (QED) is 0.526. The first-order chi connectivity index (χ1) is 16.9. The summed E-state index contributed by atoms with van der Waals surface area (Å²) in [5.41, 5.74) is 0.731. The highest BCUT2D eigenvalue weighted by atomic mass is 19.1. The Morgan fingerprint density at radius 3 is 2.23 bits per heavy atom. The lowest BCUT2D eigenvalue weighted by atomic mass is 9.53. The summed E-state index contributed by atoms with van der Waals surface area (Å²) in [6.07, 6.45) is 9.54. The molecule has 0 spiro atoms. The number of benzene rings is 1. The van der Waals surface area contributed by atoms with Crippen molar-refractivity contribution in [3.63, 3.8) is 0 Å². The van der Waals surface area contributed by atoms with Crippen molar-refractivity contribution in [1.82, 2.24) is 15.1 Å². The summed E-state index contributed by atoms with van der Waals surface area (Å²) in [6, 6.07) is 9.65. The topological polar surface area (TPSA) is 65.8 Å². The zero-order valence-corrected chi connectivity index (χ0v) is 20.5. The van der Waals surface area contributed by atoms with Crippen LogP contribution in [0.3, 0.4) is 0 Å². The number of amides is 3. The Balaban J connectivity index is 1.28. The van der Waals surface area contributed by atoms with Gasteiger partial charge in [0.15, 0.2) is 0 Å². The maximum atomic E-state index is 13.5. The van der Waals surface area contributed by atoms with Gasteiger partial charge in [-0.3, -0.25) is 4.79 Å². The van der Waals surface area contributed by atoms with Crippen LogP contribution in [0.5, 0.6) is 0 Å². The van der Waals surface area contributed by atoms with Crippen LogP contribution in [0.25, 0.3) is 0 Å². The van der Waals surface area contributed by atoms with Crippen LogP contribution in [0, 0.1) is 23.6 Å². The number of hydrogen-bond donors (Lipinski definition) is 1. The van der Waals surface area contributed by atoms with E-state index in [1.54, 1.807) is 34.3 Å². The largest absolute Gasteiger partial charge is 0.467 e. The van der Waals surface area contributed by atoms with Gasteiger partial charge in [0.1, 0.15) is 18.1 Å². The molecule has 0 unspecified atom stereocenters. The van der Waals surface area contributed by atoms with Crippen molar-refractivity contribution in [2.45, 2.75) is 70.5 Å². The molecule has 4 aliphatic carbocycles. The third-order valence-electron chi connectivity index (χ3n) is 8.08. The SMILES string of the molecule is CCCN(CC(=O)N(Cc1ccc(F)cc1)Cc1ccco1)C(=O)NC12CC3CC(CC(C3)C1)C2. The van der Waals surface area contributed by atoms with Gasteiger partial charge < -0.3 is 19.5 Å². The van der Waals surface area contributed by atoms with Crippen LogP contribution in [0.2, 0.25) is 0 Å². The van der Waals surface area contributed by atoms with Gasteiger partial charge in [0.25, 0.3) is 0 Å². The molecule has 3 amide bonds. The molecule has 4 fully saturated rings. The summed E-state index contributed by atoms with van der Waals surface area (Å²) in [7, 11) is 0. The number of furan rings is 1. The number of nitrogens with one attached hydrogen (secondary N) is 1. The van der Waals surface area contributed by atoms with E-state index in [9.17, 15) is 14.0 Å². The minimum atomic E-state index is -0.312. The predicted molar refractivity (Wildman–Crippen MR) is 131 cm³/mol. The second kappa shape index (κ2) is 10.0. The average Bonchev–Trinajstić information content (AvgIpc) is 3.31. The molecule has 1 N–H and O–H groups in total. The van der Waals surface area contributed by atoms with Crippen LogP contribution >= 0.6 is 0 Å². The Hall–Kier alpha value is -2.83. The molecule has 1 aromatic heterocycles. The fraction of sp³-hybridized carbons (Fsp3) is 0.571.